The van der Waals surface area contributed by atoms with Crippen molar-refractivity contribution in [3.8, 4) is 5.75 Å². The monoisotopic (exact) mass is 205 g/mol. The van der Waals surface area contributed by atoms with Gasteiger partial charge in [0.2, 0.25) is 5.91 Å². The SMILES string of the molecule is NC(=O)CCCc1ccc2c(c1)CCO2. The van der Waals surface area contributed by atoms with Crippen LogP contribution in [0.1, 0.15) is 24.0 Å². The summed E-state index contributed by atoms with van der Waals surface area (Å²) in [5.41, 5.74) is 7.64. The number of ether oxygens (including phenoxy) is 1. The molecule has 0 saturated carbocycles. The minimum Gasteiger partial charge on any atom is -0.493 e. The van der Waals surface area contributed by atoms with Gasteiger partial charge < -0.3 is 10.5 Å². The van der Waals surface area contributed by atoms with Gasteiger partial charge in [-0.25, -0.2) is 0 Å². The van der Waals surface area contributed by atoms with Gasteiger partial charge in [0.15, 0.2) is 0 Å². The lowest BCUT2D eigenvalue weighted by molar-refractivity contribution is -0.118. The molecule has 0 fully saturated rings. The van der Waals surface area contributed by atoms with Crippen molar-refractivity contribution in [3.63, 3.8) is 0 Å². The van der Waals surface area contributed by atoms with E-state index < -0.39 is 0 Å². The Hall–Kier alpha value is -1.51. The molecule has 1 amide bonds. The average Bonchev–Trinajstić information content (AvgIpc) is 2.64. The first-order valence-corrected chi connectivity index (χ1v) is 5.28. The van der Waals surface area contributed by atoms with E-state index in [-0.39, 0.29) is 5.91 Å². The van der Waals surface area contributed by atoms with Crippen LogP contribution in [0.25, 0.3) is 0 Å². The summed E-state index contributed by atoms with van der Waals surface area (Å²) in [6.07, 6.45) is 3.21. The van der Waals surface area contributed by atoms with Crippen LogP contribution in [0, 0.1) is 0 Å². The zero-order valence-corrected chi connectivity index (χ0v) is 8.66. The zero-order valence-electron chi connectivity index (χ0n) is 8.66. The first-order chi connectivity index (χ1) is 7.25. The summed E-state index contributed by atoms with van der Waals surface area (Å²) >= 11 is 0. The van der Waals surface area contributed by atoms with Gasteiger partial charge in [0.25, 0.3) is 0 Å². The van der Waals surface area contributed by atoms with Gasteiger partial charge in [0.05, 0.1) is 6.61 Å². The minimum absolute atomic E-state index is 0.223. The van der Waals surface area contributed by atoms with Gasteiger partial charge >= 0.3 is 0 Å². The maximum atomic E-state index is 10.6. The lowest BCUT2D eigenvalue weighted by Gasteiger charge is -2.03. The van der Waals surface area contributed by atoms with Crippen LogP contribution in [0.15, 0.2) is 18.2 Å². The Morgan fingerprint density at radius 2 is 2.33 bits per heavy atom. The maximum absolute atomic E-state index is 10.6. The van der Waals surface area contributed by atoms with Crippen molar-refractivity contribution >= 4 is 5.91 Å². The molecule has 0 atom stereocenters. The van der Waals surface area contributed by atoms with Crippen molar-refractivity contribution < 1.29 is 9.53 Å². The van der Waals surface area contributed by atoms with E-state index in [1.807, 2.05) is 6.07 Å². The predicted octanol–water partition coefficient (Wildman–Crippen LogP) is 1.43. The van der Waals surface area contributed by atoms with E-state index in [0.717, 1.165) is 31.6 Å². The Kier molecular flexibility index (Phi) is 2.90. The third-order valence-electron chi connectivity index (χ3n) is 2.64. The number of carbonyl (C=O) groups excluding carboxylic acids is 1. The van der Waals surface area contributed by atoms with Gasteiger partial charge in [-0.2, -0.15) is 0 Å². The number of aryl methyl sites for hydroxylation is 1. The number of nitrogens with two attached hydrogens (primary N) is 1. The molecule has 0 radical (unpaired) electrons. The molecular formula is C12H15NO2. The van der Waals surface area contributed by atoms with Gasteiger partial charge in [0.1, 0.15) is 5.75 Å². The Balaban J connectivity index is 1.95. The molecule has 0 saturated heterocycles. The molecule has 2 N–H and O–H groups in total. The van der Waals surface area contributed by atoms with E-state index in [4.69, 9.17) is 10.5 Å². The van der Waals surface area contributed by atoms with Crippen LogP contribution in [0.2, 0.25) is 0 Å². The summed E-state index contributed by atoms with van der Waals surface area (Å²) in [6, 6.07) is 6.25. The van der Waals surface area contributed by atoms with Crippen molar-refractivity contribution in [2.45, 2.75) is 25.7 Å². The van der Waals surface area contributed by atoms with Gasteiger partial charge in [-0.05, 0) is 30.0 Å². The molecule has 0 unspecified atom stereocenters. The average molecular weight is 205 g/mol. The number of primary amides is 1. The van der Waals surface area contributed by atoms with E-state index in [1.165, 1.54) is 11.1 Å². The molecule has 1 aliphatic heterocycles. The Labute approximate surface area is 89.2 Å². The van der Waals surface area contributed by atoms with Crippen molar-refractivity contribution in [3.05, 3.63) is 29.3 Å². The summed E-state index contributed by atoms with van der Waals surface area (Å²) < 4.78 is 5.42. The van der Waals surface area contributed by atoms with Crippen LogP contribution in [-0.4, -0.2) is 12.5 Å². The normalized spacial score (nSPS) is 13.3. The highest BCUT2D eigenvalue weighted by atomic mass is 16.5. The fourth-order valence-electron chi connectivity index (χ4n) is 1.86. The van der Waals surface area contributed by atoms with E-state index in [2.05, 4.69) is 12.1 Å². The fraction of sp³-hybridized carbons (Fsp3) is 0.417. The number of hydrogen-bond acceptors (Lipinski definition) is 2. The van der Waals surface area contributed by atoms with E-state index in [1.54, 1.807) is 0 Å². The highest BCUT2D eigenvalue weighted by Crippen LogP contribution is 2.26. The number of benzene rings is 1. The van der Waals surface area contributed by atoms with Gasteiger partial charge in [-0.3, -0.25) is 4.79 Å². The van der Waals surface area contributed by atoms with E-state index in [9.17, 15) is 4.79 Å². The molecule has 0 aliphatic carbocycles. The lowest BCUT2D eigenvalue weighted by Crippen LogP contribution is -2.10. The second-order valence-electron chi connectivity index (χ2n) is 3.86. The quantitative estimate of drug-likeness (QED) is 0.808. The van der Waals surface area contributed by atoms with Crippen LogP contribution in [0.3, 0.4) is 0 Å². The third kappa shape index (κ3) is 2.49. The van der Waals surface area contributed by atoms with Crippen LogP contribution >= 0.6 is 0 Å². The van der Waals surface area contributed by atoms with Crippen LogP contribution in [-0.2, 0) is 17.6 Å². The second kappa shape index (κ2) is 4.34. The smallest absolute Gasteiger partial charge is 0.217 e. The molecular weight excluding hydrogens is 190 g/mol. The fourth-order valence-corrected chi connectivity index (χ4v) is 1.86. The number of fused-ring (bicyclic) bond motifs is 1. The molecule has 1 aliphatic rings. The molecule has 3 heteroatoms. The summed E-state index contributed by atoms with van der Waals surface area (Å²) in [4.78, 5) is 10.6. The van der Waals surface area contributed by atoms with Crippen molar-refractivity contribution in [2.24, 2.45) is 5.73 Å². The molecule has 0 bridgehead atoms. The van der Waals surface area contributed by atoms with Gasteiger partial charge in [-0.15, -0.1) is 0 Å². The zero-order chi connectivity index (χ0) is 10.7. The second-order valence-corrected chi connectivity index (χ2v) is 3.86. The maximum Gasteiger partial charge on any atom is 0.217 e. The van der Waals surface area contributed by atoms with E-state index in [0.29, 0.717) is 6.42 Å². The Bertz CT molecular complexity index is 374. The van der Waals surface area contributed by atoms with E-state index >= 15 is 0 Å². The minimum atomic E-state index is -0.223. The summed E-state index contributed by atoms with van der Waals surface area (Å²) in [6.45, 7) is 0.792. The molecule has 80 valence electrons. The number of carbonyl (C=O) groups is 1. The number of hydrogen-bond donors (Lipinski definition) is 1. The number of rotatable bonds is 4. The standard InChI is InChI=1S/C12H15NO2/c13-12(14)3-1-2-9-4-5-11-10(8-9)6-7-15-11/h4-5,8H,1-3,6-7H2,(H2,13,14). The van der Waals surface area contributed by atoms with Crippen LogP contribution < -0.4 is 10.5 Å². The molecule has 3 nitrogen and oxygen atoms in total. The third-order valence-corrected chi connectivity index (χ3v) is 2.64. The summed E-state index contributed by atoms with van der Waals surface area (Å²) in [5.74, 6) is 0.785. The molecule has 15 heavy (non-hydrogen) atoms. The van der Waals surface area contributed by atoms with Gasteiger partial charge in [0, 0.05) is 12.8 Å². The number of amides is 1. The molecule has 1 heterocycles. The Morgan fingerprint density at radius 1 is 1.47 bits per heavy atom. The van der Waals surface area contributed by atoms with Crippen molar-refractivity contribution in [1.82, 2.24) is 0 Å². The first-order valence-electron chi connectivity index (χ1n) is 5.28. The molecule has 1 aromatic rings. The summed E-state index contributed by atoms with van der Waals surface area (Å²) in [5, 5.41) is 0. The largest absolute Gasteiger partial charge is 0.493 e. The van der Waals surface area contributed by atoms with Crippen molar-refractivity contribution in [1.29, 1.82) is 0 Å². The Morgan fingerprint density at radius 3 is 3.13 bits per heavy atom. The van der Waals surface area contributed by atoms with Crippen molar-refractivity contribution in [2.75, 3.05) is 6.61 Å². The molecule has 2 rings (SSSR count). The summed E-state index contributed by atoms with van der Waals surface area (Å²) in [7, 11) is 0. The molecule has 0 spiro atoms. The van der Waals surface area contributed by atoms with Crippen LogP contribution in [0.4, 0.5) is 0 Å². The van der Waals surface area contributed by atoms with Crippen LogP contribution in [0.5, 0.6) is 5.75 Å². The highest BCUT2D eigenvalue weighted by molar-refractivity contribution is 5.73. The first kappa shape index (κ1) is 10.0. The van der Waals surface area contributed by atoms with Gasteiger partial charge in [-0.1, -0.05) is 12.1 Å². The molecule has 1 aromatic carbocycles. The topological polar surface area (TPSA) is 52.3 Å². The predicted molar refractivity (Wildman–Crippen MR) is 57.8 cm³/mol. The highest BCUT2D eigenvalue weighted by Gasteiger charge is 2.11. The lowest BCUT2D eigenvalue weighted by atomic mass is 10.0. The molecule has 0 aromatic heterocycles.